The van der Waals surface area contributed by atoms with Crippen LogP contribution in [0.5, 0.6) is 0 Å². The van der Waals surface area contributed by atoms with Crippen molar-refractivity contribution in [1.82, 2.24) is 24.7 Å². The van der Waals surface area contributed by atoms with E-state index >= 15 is 0 Å². The van der Waals surface area contributed by atoms with E-state index in [2.05, 4.69) is 25.4 Å². The number of aryl methyl sites for hydroxylation is 2. The highest BCUT2D eigenvalue weighted by Crippen LogP contribution is 2.25. The maximum atomic E-state index is 4.44. The lowest BCUT2D eigenvalue weighted by Crippen LogP contribution is -2.02. The summed E-state index contributed by atoms with van der Waals surface area (Å²) >= 11 is 0. The van der Waals surface area contributed by atoms with E-state index < -0.39 is 0 Å². The third kappa shape index (κ3) is 2.81. The largest absolute Gasteiger partial charge is 0.366 e. The minimum absolute atomic E-state index is 0.676. The number of pyridine rings is 1. The Morgan fingerprint density at radius 2 is 2.09 bits per heavy atom. The van der Waals surface area contributed by atoms with Gasteiger partial charge in [0.25, 0.3) is 0 Å². The highest BCUT2D eigenvalue weighted by Gasteiger charge is 2.13. The molecule has 0 amide bonds. The maximum absolute atomic E-state index is 4.44. The SMILES string of the molecule is Cc1nn(C)c(C)c1-c1cc(NCc2cccnc2)ncn1. The molecule has 0 atom stereocenters. The summed E-state index contributed by atoms with van der Waals surface area (Å²) in [6.07, 6.45) is 5.18. The Bertz CT molecular complexity index is 779. The van der Waals surface area contributed by atoms with Crippen molar-refractivity contribution in [3.8, 4) is 11.3 Å². The van der Waals surface area contributed by atoms with Gasteiger partial charge in [0.05, 0.1) is 11.4 Å². The number of hydrogen-bond acceptors (Lipinski definition) is 5. The first kappa shape index (κ1) is 14.2. The van der Waals surface area contributed by atoms with Crippen LogP contribution < -0.4 is 5.32 Å². The zero-order valence-electron chi connectivity index (χ0n) is 12.9. The van der Waals surface area contributed by atoms with Crippen molar-refractivity contribution in [1.29, 1.82) is 0 Å². The Kier molecular flexibility index (Phi) is 3.82. The van der Waals surface area contributed by atoms with Crippen LogP contribution in [0.2, 0.25) is 0 Å². The van der Waals surface area contributed by atoms with Crippen molar-refractivity contribution >= 4 is 5.82 Å². The summed E-state index contributed by atoms with van der Waals surface area (Å²) in [5.74, 6) is 0.788. The molecule has 0 fully saturated rings. The van der Waals surface area contributed by atoms with Gasteiger partial charge in [0.1, 0.15) is 12.1 Å². The van der Waals surface area contributed by atoms with E-state index in [4.69, 9.17) is 0 Å². The molecule has 0 spiro atoms. The van der Waals surface area contributed by atoms with Gasteiger partial charge in [0, 0.05) is 43.3 Å². The first-order chi connectivity index (χ1) is 10.6. The van der Waals surface area contributed by atoms with Crippen LogP contribution in [-0.2, 0) is 13.6 Å². The summed E-state index contributed by atoms with van der Waals surface area (Å²) in [5.41, 5.74) is 5.11. The molecule has 0 aliphatic carbocycles. The molecule has 1 N–H and O–H groups in total. The molecule has 0 saturated heterocycles. The fourth-order valence-corrected chi connectivity index (χ4v) is 2.43. The van der Waals surface area contributed by atoms with Crippen molar-refractivity contribution in [3.63, 3.8) is 0 Å². The molecule has 6 nitrogen and oxygen atoms in total. The number of nitrogens with one attached hydrogen (secondary N) is 1. The summed E-state index contributed by atoms with van der Waals surface area (Å²) in [4.78, 5) is 12.8. The molecule has 3 aromatic rings. The van der Waals surface area contributed by atoms with Gasteiger partial charge in [-0.05, 0) is 25.5 Å². The van der Waals surface area contributed by atoms with Gasteiger partial charge in [-0.2, -0.15) is 5.10 Å². The number of aromatic nitrogens is 5. The molecule has 0 radical (unpaired) electrons. The van der Waals surface area contributed by atoms with Crippen LogP contribution >= 0.6 is 0 Å². The lowest BCUT2D eigenvalue weighted by Gasteiger charge is -2.07. The van der Waals surface area contributed by atoms with E-state index in [-0.39, 0.29) is 0 Å². The molecular formula is C16H18N6. The maximum Gasteiger partial charge on any atom is 0.130 e. The third-order valence-corrected chi connectivity index (χ3v) is 3.63. The molecule has 0 aliphatic heterocycles. The van der Waals surface area contributed by atoms with Gasteiger partial charge in [0.2, 0.25) is 0 Å². The average Bonchev–Trinajstić information content (AvgIpc) is 2.79. The van der Waals surface area contributed by atoms with Crippen LogP contribution in [0.4, 0.5) is 5.82 Å². The molecule has 0 aromatic carbocycles. The molecule has 6 heteroatoms. The third-order valence-electron chi connectivity index (χ3n) is 3.63. The van der Waals surface area contributed by atoms with E-state index in [0.717, 1.165) is 34.0 Å². The molecular weight excluding hydrogens is 276 g/mol. The van der Waals surface area contributed by atoms with E-state index in [1.54, 1.807) is 12.5 Å². The fourth-order valence-electron chi connectivity index (χ4n) is 2.43. The molecule has 3 heterocycles. The predicted octanol–water partition coefficient (Wildman–Crippen LogP) is 2.50. The predicted molar refractivity (Wildman–Crippen MR) is 85.3 cm³/mol. The van der Waals surface area contributed by atoms with Gasteiger partial charge in [-0.25, -0.2) is 9.97 Å². The van der Waals surface area contributed by atoms with Gasteiger partial charge < -0.3 is 5.32 Å². The van der Waals surface area contributed by atoms with Crippen LogP contribution in [0.1, 0.15) is 17.0 Å². The Morgan fingerprint density at radius 1 is 1.23 bits per heavy atom. The summed E-state index contributed by atoms with van der Waals surface area (Å²) < 4.78 is 1.87. The smallest absolute Gasteiger partial charge is 0.130 e. The second kappa shape index (κ2) is 5.93. The summed E-state index contributed by atoms with van der Waals surface area (Å²) in [6, 6.07) is 5.90. The first-order valence-corrected chi connectivity index (χ1v) is 7.10. The number of hydrogen-bond donors (Lipinski definition) is 1. The van der Waals surface area contributed by atoms with Crippen molar-refractivity contribution in [2.45, 2.75) is 20.4 Å². The molecule has 112 valence electrons. The molecule has 0 aliphatic rings. The second-order valence-electron chi connectivity index (χ2n) is 5.17. The molecule has 22 heavy (non-hydrogen) atoms. The fraction of sp³-hybridized carbons (Fsp3) is 0.250. The van der Waals surface area contributed by atoms with E-state index in [1.165, 1.54) is 0 Å². The average molecular weight is 294 g/mol. The van der Waals surface area contributed by atoms with Crippen molar-refractivity contribution < 1.29 is 0 Å². The second-order valence-corrected chi connectivity index (χ2v) is 5.17. The van der Waals surface area contributed by atoms with Crippen LogP contribution in [-0.4, -0.2) is 24.7 Å². The van der Waals surface area contributed by atoms with Gasteiger partial charge in [0.15, 0.2) is 0 Å². The quantitative estimate of drug-likeness (QED) is 0.800. The van der Waals surface area contributed by atoms with Crippen LogP contribution in [0.25, 0.3) is 11.3 Å². The van der Waals surface area contributed by atoms with E-state index in [9.17, 15) is 0 Å². The lowest BCUT2D eigenvalue weighted by atomic mass is 10.1. The van der Waals surface area contributed by atoms with Crippen LogP contribution in [0.3, 0.4) is 0 Å². The topological polar surface area (TPSA) is 68.5 Å². The Labute approximate surface area is 129 Å². The minimum Gasteiger partial charge on any atom is -0.366 e. The van der Waals surface area contributed by atoms with Gasteiger partial charge >= 0.3 is 0 Å². The van der Waals surface area contributed by atoms with Gasteiger partial charge in [-0.3, -0.25) is 9.67 Å². The van der Waals surface area contributed by atoms with E-state index in [0.29, 0.717) is 6.54 Å². The number of nitrogens with zero attached hydrogens (tertiary/aromatic N) is 5. The van der Waals surface area contributed by atoms with Crippen molar-refractivity contribution in [2.75, 3.05) is 5.32 Å². The summed E-state index contributed by atoms with van der Waals surface area (Å²) in [7, 11) is 1.94. The van der Waals surface area contributed by atoms with Gasteiger partial charge in [-0.1, -0.05) is 6.07 Å². The highest BCUT2D eigenvalue weighted by atomic mass is 15.3. The number of rotatable bonds is 4. The molecule has 3 rings (SSSR count). The van der Waals surface area contributed by atoms with Crippen molar-refractivity contribution in [3.05, 3.63) is 53.9 Å². The zero-order valence-corrected chi connectivity index (χ0v) is 12.9. The standard InChI is InChI=1S/C16H18N6/c1-11-16(12(2)22(3)21-11)14-7-15(20-10-19-14)18-9-13-5-4-6-17-8-13/h4-8,10H,9H2,1-3H3,(H,18,19,20). The zero-order chi connectivity index (χ0) is 15.5. The highest BCUT2D eigenvalue weighted by molar-refractivity contribution is 5.67. The summed E-state index contributed by atoms with van der Waals surface area (Å²) in [6.45, 7) is 4.71. The lowest BCUT2D eigenvalue weighted by molar-refractivity contribution is 0.731. The molecule has 0 unspecified atom stereocenters. The van der Waals surface area contributed by atoms with Gasteiger partial charge in [-0.15, -0.1) is 0 Å². The Hall–Kier alpha value is -2.76. The monoisotopic (exact) mass is 294 g/mol. The normalized spacial score (nSPS) is 10.7. The van der Waals surface area contributed by atoms with Crippen LogP contribution in [0, 0.1) is 13.8 Å². The molecule has 0 bridgehead atoms. The summed E-state index contributed by atoms with van der Waals surface area (Å²) in [5, 5.41) is 7.74. The molecule has 0 saturated carbocycles. The Balaban J connectivity index is 1.84. The first-order valence-electron chi connectivity index (χ1n) is 7.10. The van der Waals surface area contributed by atoms with Crippen molar-refractivity contribution in [2.24, 2.45) is 7.05 Å². The minimum atomic E-state index is 0.676. The number of anilines is 1. The van der Waals surface area contributed by atoms with E-state index in [1.807, 2.05) is 50.0 Å². The Morgan fingerprint density at radius 3 is 2.77 bits per heavy atom. The molecule has 3 aromatic heterocycles. The van der Waals surface area contributed by atoms with Crippen LogP contribution in [0.15, 0.2) is 36.9 Å².